The molecule has 4 heteroatoms. The Balaban J connectivity index is 2.39. The maximum Gasteiger partial charge on any atom is 0.191 e. The fourth-order valence-electron chi connectivity index (χ4n) is 2.24. The molecule has 1 rings (SSSR count). The molecule has 0 atom stereocenters. The second-order valence-corrected chi connectivity index (χ2v) is 5.32. The van der Waals surface area contributed by atoms with E-state index in [1.165, 1.54) is 36.8 Å². The van der Waals surface area contributed by atoms with E-state index in [0.29, 0.717) is 6.61 Å². The van der Waals surface area contributed by atoms with Crippen LogP contribution in [0.2, 0.25) is 0 Å². The lowest BCUT2D eigenvalue weighted by Crippen LogP contribution is -2.37. The Hall–Kier alpha value is -1.55. The quantitative estimate of drug-likeness (QED) is 0.395. The molecule has 4 nitrogen and oxygen atoms in total. The van der Waals surface area contributed by atoms with Gasteiger partial charge in [-0.1, -0.05) is 50.5 Å². The van der Waals surface area contributed by atoms with Crippen LogP contribution in [-0.4, -0.2) is 26.2 Å². The maximum absolute atomic E-state index is 5.52. The fourth-order valence-corrected chi connectivity index (χ4v) is 2.24. The van der Waals surface area contributed by atoms with Gasteiger partial charge in [-0.15, -0.1) is 0 Å². The highest BCUT2D eigenvalue weighted by molar-refractivity contribution is 5.79. The predicted molar refractivity (Wildman–Crippen MR) is 94.1 cm³/mol. The van der Waals surface area contributed by atoms with Gasteiger partial charge in [0.25, 0.3) is 0 Å². The molecule has 0 bridgehead atoms. The zero-order valence-electron chi connectivity index (χ0n) is 14.3. The van der Waals surface area contributed by atoms with Crippen LogP contribution in [0.5, 0.6) is 0 Å². The lowest BCUT2D eigenvalue weighted by atomic mass is 10.1. The normalized spacial score (nSPS) is 11.5. The molecule has 0 aliphatic carbocycles. The average Bonchev–Trinajstić information content (AvgIpc) is 2.56. The van der Waals surface area contributed by atoms with Crippen molar-refractivity contribution in [3.8, 4) is 0 Å². The molecule has 0 saturated carbocycles. The Morgan fingerprint density at radius 1 is 1.05 bits per heavy atom. The molecule has 124 valence electrons. The van der Waals surface area contributed by atoms with E-state index in [4.69, 9.17) is 4.74 Å². The van der Waals surface area contributed by atoms with E-state index >= 15 is 0 Å². The van der Waals surface area contributed by atoms with Gasteiger partial charge in [-0.2, -0.15) is 0 Å². The zero-order chi connectivity index (χ0) is 16.0. The molecule has 0 aromatic heterocycles. The Bertz CT molecular complexity index is 432. The molecular weight excluding hydrogens is 274 g/mol. The standard InChI is InChI=1S/C18H31N3O/c1-4-6-7-10-13-20-18(19-3)21-14-16-11-8-9-12-17(16)15-22-5-2/h8-9,11-12H,4-7,10,13-15H2,1-3H3,(H2,19,20,21). The van der Waals surface area contributed by atoms with Crippen LogP contribution in [0, 0.1) is 0 Å². The Labute approximate surface area is 135 Å². The molecule has 0 aliphatic heterocycles. The number of guanidine groups is 1. The summed E-state index contributed by atoms with van der Waals surface area (Å²) in [5.74, 6) is 0.864. The molecule has 0 fully saturated rings. The number of hydrogen-bond acceptors (Lipinski definition) is 2. The van der Waals surface area contributed by atoms with Crippen LogP contribution >= 0.6 is 0 Å². The number of hydrogen-bond donors (Lipinski definition) is 2. The van der Waals surface area contributed by atoms with Crippen molar-refractivity contribution in [2.75, 3.05) is 20.2 Å². The number of rotatable bonds is 10. The first kappa shape index (κ1) is 18.5. The van der Waals surface area contributed by atoms with Gasteiger partial charge in [-0.25, -0.2) is 0 Å². The Morgan fingerprint density at radius 2 is 1.82 bits per heavy atom. The summed E-state index contributed by atoms with van der Waals surface area (Å²) in [6.07, 6.45) is 5.04. The highest BCUT2D eigenvalue weighted by Crippen LogP contribution is 2.09. The van der Waals surface area contributed by atoms with Crippen LogP contribution in [0.15, 0.2) is 29.3 Å². The van der Waals surface area contributed by atoms with Gasteiger partial charge in [0.05, 0.1) is 6.61 Å². The summed E-state index contributed by atoms with van der Waals surface area (Å²) >= 11 is 0. The van der Waals surface area contributed by atoms with Gasteiger partial charge >= 0.3 is 0 Å². The van der Waals surface area contributed by atoms with Crippen molar-refractivity contribution in [3.05, 3.63) is 35.4 Å². The van der Waals surface area contributed by atoms with Crippen molar-refractivity contribution in [2.24, 2.45) is 4.99 Å². The van der Waals surface area contributed by atoms with Crippen LogP contribution < -0.4 is 10.6 Å². The number of nitrogens with one attached hydrogen (secondary N) is 2. The third kappa shape index (κ3) is 7.46. The monoisotopic (exact) mass is 305 g/mol. The van der Waals surface area contributed by atoms with Crippen LogP contribution in [0.4, 0.5) is 0 Å². The highest BCUT2D eigenvalue weighted by Gasteiger charge is 2.03. The zero-order valence-corrected chi connectivity index (χ0v) is 14.3. The number of benzene rings is 1. The molecule has 0 radical (unpaired) electrons. The van der Waals surface area contributed by atoms with Crippen molar-refractivity contribution < 1.29 is 4.74 Å². The first-order valence-electron chi connectivity index (χ1n) is 8.40. The van der Waals surface area contributed by atoms with E-state index in [1.54, 1.807) is 0 Å². The largest absolute Gasteiger partial charge is 0.377 e. The van der Waals surface area contributed by atoms with Gasteiger partial charge < -0.3 is 15.4 Å². The van der Waals surface area contributed by atoms with Crippen molar-refractivity contribution >= 4 is 5.96 Å². The lowest BCUT2D eigenvalue weighted by molar-refractivity contribution is 0.133. The molecule has 22 heavy (non-hydrogen) atoms. The summed E-state index contributed by atoms with van der Waals surface area (Å²) < 4.78 is 5.52. The maximum atomic E-state index is 5.52. The summed E-state index contributed by atoms with van der Waals surface area (Å²) in [6.45, 7) is 7.39. The summed E-state index contributed by atoms with van der Waals surface area (Å²) in [6, 6.07) is 8.37. The van der Waals surface area contributed by atoms with E-state index in [9.17, 15) is 0 Å². The SMILES string of the molecule is CCCCCCNC(=NC)NCc1ccccc1COCC. The molecule has 0 heterocycles. The van der Waals surface area contributed by atoms with Crippen LogP contribution in [0.1, 0.15) is 50.7 Å². The minimum atomic E-state index is 0.664. The van der Waals surface area contributed by atoms with Crippen LogP contribution in [0.25, 0.3) is 0 Å². The first-order chi connectivity index (χ1) is 10.8. The average molecular weight is 305 g/mol. The molecule has 1 aromatic carbocycles. The van der Waals surface area contributed by atoms with E-state index in [-0.39, 0.29) is 0 Å². The topological polar surface area (TPSA) is 45.7 Å². The second-order valence-electron chi connectivity index (χ2n) is 5.32. The van der Waals surface area contributed by atoms with Crippen LogP contribution in [0.3, 0.4) is 0 Å². The van der Waals surface area contributed by atoms with Crippen LogP contribution in [-0.2, 0) is 17.9 Å². The van der Waals surface area contributed by atoms with E-state index in [1.807, 2.05) is 14.0 Å². The molecule has 0 saturated heterocycles. The van der Waals surface area contributed by atoms with Crippen molar-refractivity contribution in [1.29, 1.82) is 0 Å². The summed E-state index contributed by atoms with van der Waals surface area (Å²) in [7, 11) is 1.81. The predicted octanol–water partition coefficient (Wildman–Crippen LogP) is 3.47. The van der Waals surface area contributed by atoms with E-state index in [2.05, 4.69) is 46.8 Å². The van der Waals surface area contributed by atoms with Crippen molar-refractivity contribution in [3.63, 3.8) is 0 Å². The molecule has 0 spiro atoms. The molecule has 1 aromatic rings. The molecule has 2 N–H and O–H groups in total. The second kappa shape index (κ2) is 12.0. The number of nitrogens with zero attached hydrogens (tertiary/aromatic N) is 1. The van der Waals surface area contributed by atoms with Gasteiger partial charge in [0.15, 0.2) is 5.96 Å². The molecule has 0 amide bonds. The lowest BCUT2D eigenvalue weighted by Gasteiger charge is -2.14. The highest BCUT2D eigenvalue weighted by atomic mass is 16.5. The van der Waals surface area contributed by atoms with Gasteiger partial charge in [0.2, 0.25) is 0 Å². The molecule has 0 aliphatic rings. The first-order valence-corrected chi connectivity index (χ1v) is 8.40. The van der Waals surface area contributed by atoms with Crippen molar-refractivity contribution in [2.45, 2.75) is 52.7 Å². The summed E-state index contributed by atoms with van der Waals surface area (Å²) in [4.78, 5) is 4.28. The van der Waals surface area contributed by atoms with Gasteiger partial charge in [0.1, 0.15) is 0 Å². The third-order valence-corrected chi connectivity index (χ3v) is 3.57. The third-order valence-electron chi connectivity index (χ3n) is 3.57. The van der Waals surface area contributed by atoms with Gasteiger partial charge in [-0.3, -0.25) is 4.99 Å². The van der Waals surface area contributed by atoms with E-state index in [0.717, 1.165) is 25.7 Å². The van der Waals surface area contributed by atoms with Gasteiger partial charge in [0, 0.05) is 26.7 Å². The molecular formula is C18H31N3O. The minimum Gasteiger partial charge on any atom is -0.377 e. The number of unbranched alkanes of at least 4 members (excludes halogenated alkanes) is 3. The number of ether oxygens (including phenoxy) is 1. The summed E-state index contributed by atoms with van der Waals surface area (Å²) in [5, 5.41) is 6.75. The van der Waals surface area contributed by atoms with Gasteiger partial charge in [-0.05, 0) is 24.5 Å². The minimum absolute atomic E-state index is 0.664. The Morgan fingerprint density at radius 3 is 2.50 bits per heavy atom. The van der Waals surface area contributed by atoms with E-state index < -0.39 is 0 Å². The molecule has 0 unspecified atom stereocenters. The van der Waals surface area contributed by atoms with Crippen molar-refractivity contribution in [1.82, 2.24) is 10.6 Å². The number of aliphatic imine (C=N–C) groups is 1. The smallest absolute Gasteiger partial charge is 0.191 e. The Kier molecular flexibility index (Phi) is 10.1. The summed E-state index contributed by atoms with van der Waals surface area (Å²) in [5.41, 5.74) is 2.49. The fraction of sp³-hybridized carbons (Fsp3) is 0.611.